The van der Waals surface area contributed by atoms with Gasteiger partial charge in [-0.25, -0.2) is 4.79 Å². The van der Waals surface area contributed by atoms with Crippen LogP contribution in [-0.4, -0.2) is 35.8 Å². The molecule has 0 unspecified atom stereocenters. The SMILES string of the molecule is Cc1cncc(N2CC(NC(=O)OC(C)(C)C)C2)c1. The van der Waals surface area contributed by atoms with E-state index in [-0.39, 0.29) is 12.1 Å². The van der Waals surface area contributed by atoms with Crippen molar-refractivity contribution in [3.8, 4) is 0 Å². The molecule has 1 saturated heterocycles. The maximum absolute atomic E-state index is 11.6. The number of carbonyl (C=O) groups excluding carboxylic acids is 1. The van der Waals surface area contributed by atoms with Gasteiger partial charge in [0.15, 0.2) is 0 Å². The molecule has 1 N–H and O–H groups in total. The van der Waals surface area contributed by atoms with Gasteiger partial charge in [-0.3, -0.25) is 4.98 Å². The Morgan fingerprint density at radius 2 is 2.11 bits per heavy atom. The molecular weight excluding hydrogens is 242 g/mol. The number of carbonyl (C=O) groups is 1. The van der Waals surface area contributed by atoms with Crippen LogP contribution >= 0.6 is 0 Å². The number of ether oxygens (including phenoxy) is 1. The number of nitrogens with one attached hydrogen (secondary N) is 1. The molecule has 1 aliphatic rings. The quantitative estimate of drug-likeness (QED) is 0.888. The second-order valence-electron chi connectivity index (χ2n) is 5.97. The second-order valence-corrected chi connectivity index (χ2v) is 5.97. The van der Waals surface area contributed by atoms with E-state index in [9.17, 15) is 4.79 Å². The minimum Gasteiger partial charge on any atom is -0.444 e. The Hall–Kier alpha value is -1.78. The molecule has 1 amide bonds. The zero-order valence-corrected chi connectivity index (χ0v) is 11.9. The summed E-state index contributed by atoms with van der Waals surface area (Å²) < 4.78 is 5.22. The first kappa shape index (κ1) is 13.6. The highest BCUT2D eigenvalue weighted by atomic mass is 16.6. The van der Waals surface area contributed by atoms with E-state index in [1.54, 1.807) is 0 Å². The number of amides is 1. The summed E-state index contributed by atoms with van der Waals surface area (Å²) in [4.78, 5) is 17.9. The topological polar surface area (TPSA) is 54.5 Å². The first-order chi connectivity index (χ1) is 8.83. The molecule has 0 bridgehead atoms. The number of hydrogen-bond acceptors (Lipinski definition) is 4. The van der Waals surface area contributed by atoms with E-state index in [1.165, 1.54) is 0 Å². The fraction of sp³-hybridized carbons (Fsp3) is 0.571. The summed E-state index contributed by atoms with van der Waals surface area (Å²) in [5, 5.41) is 2.86. The summed E-state index contributed by atoms with van der Waals surface area (Å²) in [6.07, 6.45) is 3.33. The lowest BCUT2D eigenvalue weighted by Gasteiger charge is -2.41. The summed E-state index contributed by atoms with van der Waals surface area (Å²) in [5.74, 6) is 0. The summed E-state index contributed by atoms with van der Waals surface area (Å²) in [5.41, 5.74) is 1.79. The van der Waals surface area contributed by atoms with Gasteiger partial charge in [-0.2, -0.15) is 0 Å². The first-order valence-corrected chi connectivity index (χ1v) is 6.49. The van der Waals surface area contributed by atoms with Gasteiger partial charge in [0.25, 0.3) is 0 Å². The summed E-state index contributed by atoms with van der Waals surface area (Å²) in [6.45, 7) is 9.19. The molecular formula is C14H21N3O2. The summed E-state index contributed by atoms with van der Waals surface area (Å²) in [6, 6.07) is 2.24. The van der Waals surface area contributed by atoms with Crippen molar-refractivity contribution >= 4 is 11.8 Å². The fourth-order valence-corrected chi connectivity index (χ4v) is 1.97. The normalized spacial score (nSPS) is 15.9. The molecule has 5 heteroatoms. The van der Waals surface area contributed by atoms with E-state index in [0.29, 0.717) is 0 Å². The van der Waals surface area contributed by atoms with Crippen LogP contribution in [0.3, 0.4) is 0 Å². The largest absolute Gasteiger partial charge is 0.444 e. The molecule has 0 saturated carbocycles. The molecule has 5 nitrogen and oxygen atoms in total. The monoisotopic (exact) mass is 263 g/mol. The lowest BCUT2D eigenvalue weighted by atomic mass is 10.1. The van der Waals surface area contributed by atoms with E-state index in [0.717, 1.165) is 24.3 Å². The van der Waals surface area contributed by atoms with Crippen molar-refractivity contribution in [3.63, 3.8) is 0 Å². The summed E-state index contributed by atoms with van der Waals surface area (Å²) in [7, 11) is 0. The lowest BCUT2D eigenvalue weighted by molar-refractivity contribution is 0.0496. The number of hydrogen-bond donors (Lipinski definition) is 1. The van der Waals surface area contributed by atoms with Crippen LogP contribution in [0.1, 0.15) is 26.3 Å². The van der Waals surface area contributed by atoms with Crippen molar-refractivity contribution in [1.82, 2.24) is 10.3 Å². The highest BCUT2D eigenvalue weighted by molar-refractivity contribution is 5.69. The van der Waals surface area contributed by atoms with Crippen molar-refractivity contribution in [2.75, 3.05) is 18.0 Å². The predicted molar refractivity (Wildman–Crippen MR) is 74.3 cm³/mol. The number of rotatable bonds is 2. The van der Waals surface area contributed by atoms with Gasteiger partial charge < -0.3 is 15.0 Å². The highest BCUT2D eigenvalue weighted by Gasteiger charge is 2.29. The Labute approximate surface area is 114 Å². The van der Waals surface area contributed by atoms with Crippen molar-refractivity contribution in [2.45, 2.75) is 39.3 Å². The van der Waals surface area contributed by atoms with Crippen LogP contribution in [0, 0.1) is 6.92 Å². The average Bonchev–Trinajstić information content (AvgIpc) is 2.20. The molecule has 0 aromatic carbocycles. The smallest absolute Gasteiger partial charge is 0.407 e. The number of anilines is 1. The van der Waals surface area contributed by atoms with E-state index < -0.39 is 5.60 Å². The molecule has 0 atom stereocenters. The third-order valence-corrected chi connectivity index (χ3v) is 2.83. The van der Waals surface area contributed by atoms with Gasteiger partial charge >= 0.3 is 6.09 Å². The predicted octanol–water partition coefficient (Wildman–Crippen LogP) is 2.10. The van der Waals surface area contributed by atoms with Gasteiger partial charge in [0, 0.05) is 19.3 Å². The standard InChI is InChI=1S/C14H21N3O2/c1-10-5-12(7-15-6-10)17-8-11(9-17)16-13(18)19-14(2,3)4/h5-7,11H,8-9H2,1-4H3,(H,16,18). The zero-order chi connectivity index (χ0) is 14.0. The third-order valence-electron chi connectivity index (χ3n) is 2.83. The average molecular weight is 263 g/mol. The van der Waals surface area contributed by atoms with Gasteiger partial charge in [0.05, 0.1) is 17.9 Å². The molecule has 1 aromatic rings. The van der Waals surface area contributed by atoms with E-state index in [4.69, 9.17) is 4.74 Å². The zero-order valence-electron chi connectivity index (χ0n) is 11.9. The van der Waals surface area contributed by atoms with Crippen LogP contribution in [0.15, 0.2) is 18.5 Å². The molecule has 104 valence electrons. The fourth-order valence-electron chi connectivity index (χ4n) is 1.97. The van der Waals surface area contributed by atoms with Crippen molar-refractivity contribution in [3.05, 3.63) is 24.0 Å². The van der Waals surface area contributed by atoms with Crippen molar-refractivity contribution < 1.29 is 9.53 Å². The van der Waals surface area contributed by atoms with Crippen LogP contribution in [-0.2, 0) is 4.74 Å². The highest BCUT2D eigenvalue weighted by Crippen LogP contribution is 2.20. The van der Waals surface area contributed by atoms with E-state index >= 15 is 0 Å². The van der Waals surface area contributed by atoms with Gasteiger partial charge in [0.1, 0.15) is 5.60 Å². The maximum atomic E-state index is 11.6. The molecule has 0 radical (unpaired) electrons. The molecule has 2 rings (SSSR count). The lowest BCUT2D eigenvalue weighted by Crippen LogP contribution is -2.60. The Morgan fingerprint density at radius 1 is 1.42 bits per heavy atom. The molecule has 1 aliphatic heterocycles. The molecule has 2 heterocycles. The van der Waals surface area contributed by atoms with Crippen molar-refractivity contribution in [1.29, 1.82) is 0 Å². The Morgan fingerprint density at radius 3 is 2.68 bits per heavy atom. The molecule has 0 aliphatic carbocycles. The third kappa shape index (κ3) is 3.84. The van der Waals surface area contributed by atoms with Gasteiger partial charge in [-0.1, -0.05) is 0 Å². The number of aromatic nitrogens is 1. The van der Waals surface area contributed by atoms with Gasteiger partial charge in [-0.15, -0.1) is 0 Å². The molecule has 19 heavy (non-hydrogen) atoms. The van der Waals surface area contributed by atoms with E-state index in [1.807, 2.05) is 40.1 Å². The Balaban J connectivity index is 1.79. The van der Waals surface area contributed by atoms with Crippen LogP contribution in [0.4, 0.5) is 10.5 Å². The van der Waals surface area contributed by atoms with Crippen molar-refractivity contribution in [2.24, 2.45) is 0 Å². The number of pyridine rings is 1. The van der Waals surface area contributed by atoms with Crippen LogP contribution < -0.4 is 10.2 Å². The van der Waals surface area contributed by atoms with Gasteiger partial charge in [-0.05, 0) is 39.3 Å². The number of alkyl carbamates (subject to hydrolysis) is 1. The number of aryl methyl sites for hydroxylation is 1. The van der Waals surface area contributed by atoms with Crippen LogP contribution in [0.5, 0.6) is 0 Å². The number of nitrogens with zero attached hydrogens (tertiary/aromatic N) is 2. The molecule has 1 aromatic heterocycles. The van der Waals surface area contributed by atoms with E-state index in [2.05, 4.69) is 21.3 Å². The van der Waals surface area contributed by atoms with Gasteiger partial charge in [0.2, 0.25) is 0 Å². The Bertz CT molecular complexity index is 462. The minimum atomic E-state index is -0.450. The maximum Gasteiger partial charge on any atom is 0.407 e. The van der Waals surface area contributed by atoms with Crippen LogP contribution in [0.2, 0.25) is 0 Å². The molecule has 0 spiro atoms. The minimum absolute atomic E-state index is 0.148. The van der Waals surface area contributed by atoms with Crippen LogP contribution in [0.25, 0.3) is 0 Å². The first-order valence-electron chi connectivity index (χ1n) is 6.49. The summed E-state index contributed by atoms with van der Waals surface area (Å²) >= 11 is 0. The Kier molecular flexibility index (Phi) is 3.64. The molecule has 1 fully saturated rings. The second kappa shape index (κ2) is 5.07.